The molecule has 0 saturated carbocycles. The Morgan fingerprint density at radius 2 is 1.92 bits per heavy atom. The van der Waals surface area contributed by atoms with Gasteiger partial charge in [-0.05, 0) is 48.6 Å². The van der Waals surface area contributed by atoms with Gasteiger partial charge in [0.05, 0.1) is 14.2 Å². The average Bonchev–Trinajstić information content (AvgIpc) is 3.12. The second kappa shape index (κ2) is 8.61. The number of benzene rings is 2. The number of hydrogen-bond acceptors (Lipinski definition) is 3. The van der Waals surface area contributed by atoms with Crippen LogP contribution in [-0.4, -0.2) is 40.3 Å². The highest BCUT2D eigenvalue weighted by molar-refractivity contribution is 5.97. The van der Waals surface area contributed by atoms with Crippen molar-refractivity contribution in [3.63, 3.8) is 0 Å². The van der Waals surface area contributed by atoms with Crippen molar-refractivity contribution < 1.29 is 9.47 Å². The molecule has 0 radical (unpaired) electrons. The molecule has 5 heteroatoms. The number of guanidine groups is 1. The summed E-state index contributed by atoms with van der Waals surface area (Å²) in [6.45, 7) is 1.86. The molecule has 1 N–H and O–H groups in total. The van der Waals surface area contributed by atoms with Gasteiger partial charge < -0.3 is 19.7 Å². The van der Waals surface area contributed by atoms with E-state index in [0.717, 1.165) is 49.8 Å². The van der Waals surface area contributed by atoms with Gasteiger partial charge >= 0.3 is 0 Å². The number of fused-ring (bicyclic) bond motifs is 1. The van der Waals surface area contributed by atoms with Crippen LogP contribution in [0.15, 0.2) is 47.5 Å². The number of aryl methyl sites for hydroxylation is 1. The number of nitrogens with zero attached hydrogens (tertiary/aromatic N) is 2. The molecular formula is C21H27N3O2. The van der Waals surface area contributed by atoms with Crippen LogP contribution in [0.1, 0.15) is 17.5 Å². The Bertz CT molecular complexity index is 774. The second-order valence-corrected chi connectivity index (χ2v) is 6.30. The maximum atomic E-state index is 5.37. The summed E-state index contributed by atoms with van der Waals surface area (Å²) in [4.78, 5) is 6.73. The van der Waals surface area contributed by atoms with Crippen molar-refractivity contribution in [1.82, 2.24) is 5.32 Å². The van der Waals surface area contributed by atoms with Crippen molar-refractivity contribution in [3.8, 4) is 11.5 Å². The van der Waals surface area contributed by atoms with E-state index in [2.05, 4.69) is 45.5 Å². The number of nitrogens with one attached hydrogen (secondary N) is 1. The quantitative estimate of drug-likeness (QED) is 0.492. The van der Waals surface area contributed by atoms with Crippen molar-refractivity contribution in [1.29, 1.82) is 0 Å². The maximum absolute atomic E-state index is 5.37. The van der Waals surface area contributed by atoms with Crippen molar-refractivity contribution in [3.05, 3.63) is 53.6 Å². The van der Waals surface area contributed by atoms with E-state index in [0.29, 0.717) is 0 Å². The third-order valence-corrected chi connectivity index (χ3v) is 4.73. The molecular weight excluding hydrogens is 326 g/mol. The lowest BCUT2D eigenvalue weighted by atomic mass is 10.1. The van der Waals surface area contributed by atoms with E-state index in [1.165, 1.54) is 16.8 Å². The summed E-state index contributed by atoms with van der Waals surface area (Å²) in [6, 6.07) is 14.6. The minimum absolute atomic E-state index is 0.766. The number of hydrogen-bond donors (Lipinski definition) is 1. The topological polar surface area (TPSA) is 46.1 Å². The van der Waals surface area contributed by atoms with Crippen molar-refractivity contribution >= 4 is 11.6 Å². The standard InChI is InChI=1S/C21H27N3O2/c1-22-21(24-14-12-17-8-4-5-9-18(17)24)23-13-6-7-16-10-11-19(25-2)20(15-16)26-3/h4-5,8-11,15H,6-7,12-14H2,1-3H3,(H,22,23). The number of para-hydroxylation sites is 1. The Morgan fingerprint density at radius 3 is 2.69 bits per heavy atom. The average molecular weight is 353 g/mol. The molecule has 0 aliphatic carbocycles. The Balaban J connectivity index is 1.53. The summed E-state index contributed by atoms with van der Waals surface area (Å²) in [5.41, 5.74) is 3.90. The first-order valence-electron chi connectivity index (χ1n) is 9.04. The van der Waals surface area contributed by atoms with Gasteiger partial charge in [0.1, 0.15) is 0 Å². The highest BCUT2D eigenvalue weighted by atomic mass is 16.5. The summed E-state index contributed by atoms with van der Waals surface area (Å²) in [7, 11) is 5.17. The maximum Gasteiger partial charge on any atom is 0.198 e. The first kappa shape index (κ1) is 18.1. The normalized spacial score (nSPS) is 13.5. The molecule has 0 bridgehead atoms. The van der Waals surface area contributed by atoms with Gasteiger partial charge in [-0.1, -0.05) is 24.3 Å². The van der Waals surface area contributed by atoms with E-state index >= 15 is 0 Å². The smallest absolute Gasteiger partial charge is 0.198 e. The van der Waals surface area contributed by atoms with Crippen LogP contribution in [-0.2, 0) is 12.8 Å². The third-order valence-electron chi connectivity index (χ3n) is 4.73. The van der Waals surface area contributed by atoms with Crippen LogP contribution < -0.4 is 19.7 Å². The number of methoxy groups -OCH3 is 2. The molecule has 2 aromatic rings. The largest absolute Gasteiger partial charge is 0.493 e. The summed E-state index contributed by atoms with van der Waals surface area (Å²) < 4.78 is 10.7. The van der Waals surface area contributed by atoms with Crippen LogP contribution >= 0.6 is 0 Å². The van der Waals surface area contributed by atoms with E-state index in [1.54, 1.807) is 14.2 Å². The highest BCUT2D eigenvalue weighted by Gasteiger charge is 2.21. The summed E-state index contributed by atoms with van der Waals surface area (Å²) in [5, 5.41) is 3.49. The molecule has 1 aliphatic heterocycles. The molecule has 3 rings (SSSR count). The fraction of sp³-hybridized carbons (Fsp3) is 0.381. The second-order valence-electron chi connectivity index (χ2n) is 6.30. The minimum atomic E-state index is 0.766. The first-order valence-corrected chi connectivity index (χ1v) is 9.04. The Labute approximate surface area is 155 Å². The van der Waals surface area contributed by atoms with Crippen molar-refractivity contribution in [2.45, 2.75) is 19.3 Å². The number of anilines is 1. The van der Waals surface area contributed by atoms with Gasteiger partial charge in [0.2, 0.25) is 0 Å². The van der Waals surface area contributed by atoms with E-state index in [4.69, 9.17) is 9.47 Å². The fourth-order valence-corrected chi connectivity index (χ4v) is 3.38. The van der Waals surface area contributed by atoms with Crippen LogP contribution in [0.5, 0.6) is 11.5 Å². The summed E-state index contributed by atoms with van der Waals surface area (Å²) in [6.07, 6.45) is 3.06. The molecule has 0 unspecified atom stereocenters. The van der Waals surface area contributed by atoms with Crippen molar-refractivity contribution in [2.75, 3.05) is 39.3 Å². The lowest BCUT2D eigenvalue weighted by Crippen LogP contribution is -2.41. The Kier molecular flexibility index (Phi) is 6.00. The van der Waals surface area contributed by atoms with E-state index in [1.807, 2.05) is 19.2 Å². The summed E-state index contributed by atoms with van der Waals surface area (Å²) in [5.74, 6) is 2.49. The predicted molar refractivity (Wildman–Crippen MR) is 107 cm³/mol. The molecule has 0 aromatic heterocycles. The van der Waals surface area contributed by atoms with Gasteiger partial charge in [0, 0.05) is 25.8 Å². The van der Waals surface area contributed by atoms with Gasteiger partial charge in [-0.15, -0.1) is 0 Å². The highest BCUT2D eigenvalue weighted by Crippen LogP contribution is 2.28. The molecule has 0 fully saturated rings. The van der Waals surface area contributed by atoms with Crippen LogP contribution in [0.3, 0.4) is 0 Å². The lowest BCUT2D eigenvalue weighted by Gasteiger charge is -2.22. The molecule has 0 spiro atoms. The first-order chi connectivity index (χ1) is 12.8. The predicted octanol–water partition coefficient (Wildman–Crippen LogP) is 3.27. The molecule has 1 aliphatic rings. The molecule has 138 valence electrons. The van der Waals surface area contributed by atoms with Crippen LogP contribution in [0, 0.1) is 0 Å². The van der Waals surface area contributed by atoms with Gasteiger partial charge in [-0.2, -0.15) is 0 Å². The number of aliphatic imine (C=N–C) groups is 1. The third kappa shape index (κ3) is 3.93. The van der Waals surface area contributed by atoms with Gasteiger partial charge in [0.15, 0.2) is 17.5 Å². The van der Waals surface area contributed by atoms with E-state index < -0.39 is 0 Å². The zero-order chi connectivity index (χ0) is 18.4. The van der Waals surface area contributed by atoms with Crippen molar-refractivity contribution in [2.24, 2.45) is 4.99 Å². The Hall–Kier alpha value is -2.69. The molecule has 0 atom stereocenters. The zero-order valence-electron chi connectivity index (χ0n) is 15.8. The monoisotopic (exact) mass is 353 g/mol. The van der Waals surface area contributed by atoms with Crippen LogP contribution in [0.2, 0.25) is 0 Å². The van der Waals surface area contributed by atoms with E-state index in [-0.39, 0.29) is 0 Å². The summed E-state index contributed by atoms with van der Waals surface area (Å²) >= 11 is 0. The number of rotatable bonds is 6. The fourth-order valence-electron chi connectivity index (χ4n) is 3.38. The lowest BCUT2D eigenvalue weighted by molar-refractivity contribution is 0.354. The van der Waals surface area contributed by atoms with E-state index in [9.17, 15) is 0 Å². The number of ether oxygens (including phenoxy) is 2. The molecule has 1 heterocycles. The van der Waals surface area contributed by atoms with Gasteiger partial charge in [0.25, 0.3) is 0 Å². The molecule has 2 aromatic carbocycles. The van der Waals surface area contributed by atoms with Crippen LogP contribution in [0.4, 0.5) is 5.69 Å². The SMILES string of the molecule is CN=C(NCCCc1ccc(OC)c(OC)c1)N1CCc2ccccc21. The van der Waals surface area contributed by atoms with Gasteiger partial charge in [-0.3, -0.25) is 4.99 Å². The molecule has 0 saturated heterocycles. The Morgan fingerprint density at radius 1 is 1.12 bits per heavy atom. The molecule has 0 amide bonds. The van der Waals surface area contributed by atoms with Gasteiger partial charge in [-0.25, -0.2) is 0 Å². The minimum Gasteiger partial charge on any atom is -0.493 e. The zero-order valence-corrected chi connectivity index (χ0v) is 15.8. The molecule has 26 heavy (non-hydrogen) atoms. The molecule has 5 nitrogen and oxygen atoms in total. The van der Waals surface area contributed by atoms with Crippen LogP contribution in [0.25, 0.3) is 0 Å².